The molecule has 6 amide bonds. The van der Waals surface area contributed by atoms with Gasteiger partial charge in [0.1, 0.15) is 36.0 Å². The van der Waals surface area contributed by atoms with Crippen LogP contribution in [0.3, 0.4) is 0 Å². The number of nitrogens with zero attached hydrogens (tertiary/aromatic N) is 3. The summed E-state index contributed by atoms with van der Waals surface area (Å²) in [6.45, 7) is 8.56. The van der Waals surface area contributed by atoms with E-state index in [4.69, 9.17) is 11.5 Å². The maximum atomic E-state index is 14.2. The van der Waals surface area contributed by atoms with Crippen molar-refractivity contribution in [1.82, 2.24) is 31.1 Å². The van der Waals surface area contributed by atoms with Crippen LogP contribution >= 0.6 is 0 Å². The van der Waals surface area contributed by atoms with Crippen LogP contribution in [0.2, 0.25) is 0 Å². The van der Waals surface area contributed by atoms with Crippen molar-refractivity contribution in [3.05, 3.63) is 29.8 Å². The normalized spacial score (nSPS) is 18.5. The van der Waals surface area contributed by atoms with Crippen molar-refractivity contribution >= 4 is 41.4 Å². The van der Waals surface area contributed by atoms with Crippen molar-refractivity contribution in [2.24, 2.45) is 22.4 Å². The second kappa shape index (κ2) is 21.0. The van der Waals surface area contributed by atoms with Gasteiger partial charge in [0.2, 0.25) is 35.4 Å². The van der Waals surface area contributed by atoms with Crippen molar-refractivity contribution in [3.8, 4) is 5.75 Å². The van der Waals surface area contributed by atoms with Crippen LogP contribution in [-0.4, -0.2) is 113 Å². The van der Waals surface area contributed by atoms with Crippen LogP contribution in [0.4, 0.5) is 0 Å². The van der Waals surface area contributed by atoms with Crippen molar-refractivity contribution in [2.45, 2.75) is 122 Å². The summed E-state index contributed by atoms with van der Waals surface area (Å²) < 4.78 is 0. The predicted octanol–water partition coefficient (Wildman–Crippen LogP) is 0.407. The first-order valence-electron chi connectivity index (χ1n) is 18.8. The van der Waals surface area contributed by atoms with Crippen LogP contribution in [0.25, 0.3) is 0 Å². The Morgan fingerprint density at radius 2 is 1.45 bits per heavy atom. The quantitative estimate of drug-likeness (QED) is 0.0589. The fraction of sp³-hybridized carbons (Fsp3) is 0.649. The van der Waals surface area contributed by atoms with Gasteiger partial charge in [-0.15, -0.1) is 0 Å². The molecule has 2 heterocycles. The number of nitrogens with one attached hydrogen (secondary N) is 4. The lowest BCUT2D eigenvalue weighted by Gasteiger charge is -2.32. The molecule has 0 bridgehead atoms. The third-order valence-electron chi connectivity index (χ3n) is 9.46. The summed E-state index contributed by atoms with van der Waals surface area (Å²) in [6.07, 6.45) is 4.80. The maximum Gasteiger partial charge on any atom is 0.245 e. The standard InChI is InChI=1S/C37H59N9O7/c1-5-6-17-40-33(50)30-11-8-19-45(30)35(52)27(10-7-18-41-37(38)39)43-34(51)31-12-9-20-46(31)36(53)29(21-23(2)3)44-32(49)28(42-24(4)47)22-25-13-15-26(48)16-14-25/h13-16,23,27-31,48H,5-12,17-22H2,1-4H3,(H,40,50)(H,42,47)(H,43,51)(H,44,49)(H4,38,39,41)/t27-,28-,29-,30-,31-/m0/s1. The van der Waals surface area contributed by atoms with Crippen molar-refractivity contribution in [2.75, 3.05) is 26.2 Å². The lowest BCUT2D eigenvalue weighted by Crippen LogP contribution is -2.59. The first-order chi connectivity index (χ1) is 25.2. The molecule has 53 heavy (non-hydrogen) atoms. The average molecular weight is 742 g/mol. The molecule has 0 spiro atoms. The Bertz CT molecular complexity index is 1450. The van der Waals surface area contributed by atoms with Crippen LogP contribution in [0.5, 0.6) is 5.75 Å². The number of hydrogen-bond donors (Lipinski definition) is 7. The van der Waals surface area contributed by atoms with E-state index in [9.17, 15) is 33.9 Å². The van der Waals surface area contributed by atoms with Crippen LogP contribution in [0.1, 0.15) is 91.0 Å². The summed E-state index contributed by atoms with van der Waals surface area (Å²) in [5.74, 6) is -2.55. The summed E-state index contributed by atoms with van der Waals surface area (Å²) in [5, 5.41) is 21.0. The highest BCUT2D eigenvalue weighted by Gasteiger charge is 2.42. The van der Waals surface area contributed by atoms with E-state index < -0.39 is 53.8 Å². The molecule has 0 aliphatic carbocycles. The van der Waals surface area contributed by atoms with E-state index in [0.29, 0.717) is 50.8 Å². The Kier molecular flexibility index (Phi) is 16.8. The Labute approximate surface area is 312 Å². The highest BCUT2D eigenvalue weighted by atomic mass is 16.3. The van der Waals surface area contributed by atoms with E-state index in [1.165, 1.54) is 28.9 Å². The van der Waals surface area contributed by atoms with Gasteiger partial charge in [-0.2, -0.15) is 0 Å². The summed E-state index contributed by atoms with van der Waals surface area (Å²) in [6, 6.07) is 1.76. The number of carbonyl (C=O) groups excluding carboxylic acids is 6. The zero-order valence-electron chi connectivity index (χ0n) is 31.6. The number of hydrogen-bond acceptors (Lipinski definition) is 8. The van der Waals surface area contributed by atoms with Gasteiger partial charge < -0.3 is 47.6 Å². The Hall–Kier alpha value is -4.89. The number of amides is 6. The fourth-order valence-electron chi connectivity index (χ4n) is 6.83. The predicted molar refractivity (Wildman–Crippen MR) is 200 cm³/mol. The Morgan fingerprint density at radius 1 is 0.849 bits per heavy atom. The van der Waals surface area contributed by atoms with Gasteiger partial charge in [0, 0.05) is 39.5 Å². The zero-order valence-corrected chi connectivity index (χ0v) is 31.6. The molecule has 2 fully saturated rings. The minimum atomic E-state index is -0.994. The molecule has 9 N–H and O–H groups in total. The van der Waals surface area contributed by atoms with Gasteiger partial charge in [0.05, 0.1) is 0 Å². The zero-order chi connectivity index (χ0) is 39.1. The molecular formula is C37H59N9O7. The summed E-state index contributed by atoms with van der Waals surface area (Å²) in [5.41, 5.74) is 11.7. The van der Waals surface area contributed by atoms with Crippen LogP contribution in [-0.2, 0) is 35.2 Å². The molecule has 0 unspecified atom stereocenters. The van der Waals surface area contributed by atoms with E-state index in [1.54, 1.807) is 12.1 Å². The second-order valence-electron chi connectivity index (χ2n) is 14.3. The first-order valence-corrected chi connectivity index (χ1v) is 18.8. The molecule has 16 heteroatoms. The van der Waals surface area contributed by atoms with Crippen LogP contribution in [0.15, 0.2) is 29.3 Å². The molecule has 3 rings (SSSR count). The number of likely N-dealkylation sites (tertiary alicyclic amines) is 2. The molecule has 5 atom stereocenters. The van der Waals surface area contributed by atoms with Crippen molar-refractivity contribution < 1.29 is 33.9 Å². The molecule has 0 radical (unpaired) electrons. The van der Waals surface area contributed by atoms with Crippen molar-refractivity contribution in [3.63, 3.8) is 0 Å². The lowest BCUT2D eigenvalue weighted by molar-refractivity contribution is -0.144. The third kappa shape index (κ3) is 13.2. The number of nitrogens with two attached hydrogens (primary N) is 2. The minimum Gasteiger partial charge on any atom is -0.508 e. The number of guanidine groups is 1. The molecule has 2 saturated heterocycles. The molecule has 1 aromatic rings. The molecular weight excluding hydrogens is 682 g/mol. The number of phenols is 1. The number of phenolic OH excluding ortho intramolecular Hbond substituents is 1. The third-order valence-corrected chi connectivity index (χ3v) is 9.46. The highest BCUT2D eigenvalue weighted by molar-refractivity contribution is 5.97. The van der Waals surface area contributed by atoms with E-state index in [1.807, 2.05) is 20.8 Å². The molecule has 16 nitrogen and oxygen atoms in total. The highest BCUT2D eigenvalue weighted by Crippen LogP contribution is 2.23. The number of benzene rings is 1. The molecule has 294 valence electrons. The van der Waals surface area contributed by atoms with Gasteiger partial charge in [-0.3, -0.25) is 33.8 Å². The molecule has 0 aromatic heterocycles. The van der Waals surface area contributed by atoms with Gasteiger partial charge >= 0.3 is 0 Å². The van der Waals surface area contributed by atoms with Gasteiger partial charge in [-0.25, -0.2) is 0 Å². The van der Waals surface area contributed by atoms with Crippen LogP contribution < -0.4 is 32.7 Å². The van der Waals surface area contributed by atoms with E-state index in [-0.39, 0.29) is 61.8 Å². The van der Waals surface area contributed by atoms with E-state index in [2.05, 4.69) is 26.3 Å². The molecule has 1 aromatic carbocycles. The average Bonchev–Trinajstić information content (AvgIpc) is 3.80. The lowest BCUT2D eigenvalue weighted by atomic mass is 10.00. The van der Waals surface area contributed by atoms with E-state index >= 15 is 0 Å². The molecule has 2 aliphatic heterocycles. The smallest absolute Gasteiger partial charge is 0.245 e. The van der Waals surface area contributed by atoms with Gasteiger partial charge in [0.15, 0.2) is 5.96 Å². The number of carbonyl (C=O) groups is 6. The number of rotatable bonds is 19. The first kappa shape index (κ1) is 42.5. The largest absolute Gasteiger partial charge is 0.508 e. The molecule has 2 aliphatic rings. The van der Waals surface area contributed by atoms with E-state index in [0.717, 1.165) is 12.8 Å². The fourth-order valence-corrected chi connectivity index (χ4v) is 6.83. The number of aromatic hydroxyl groups is 1. The van der Waals surface area contributed by atoms with Gasteiger partial charge in [-0.1, -0.05) is 39.3 Å². The number of unbranched alkanes of at least 4 members (excludes halogenated alkanes) is 1. The monoisotopic (exact) mass is 741 g/mol. The number of aliphatic imine (C=N–C) groups is 1. The summed E-state index contributed by atoms with van der Waals surface area (Å²) in [4.78, 5) is 87.8. The molecule has 0 saturated carbocycles. The minimum absolute atomic E-state index is 0.00440. The summed E-state index contributed by atoms with van der Waals surface area (Å²) in [7, 11) is 0. The SMILES string of the molecule is CCCCNC(=O)[C@@H]1CCCN1C(=O)[C@H](CCCN=C(N)N)NC(=O)[C@@H]1CCCN1C(=O)[C@H](CC(C)C)NC(=O)[C@H](Cc1ccc(O)cc1)NC(C)=O. The van der Waals surface area contributed by atoms with Gasteiger partial charge in [-0.05, 0) is 75.0 Å². The van der Waals surface area contributed by atoms with Crippen LogP contribution in [0, 0.1) is 5.92 Å². The Balaban J connectivity index is 1.78. The topological polar surface area (TPSA) is 242 Å². The van der Waals surface area contributed by atoms with Gasteiger partial charge in [0.25, 0.3) is 0 Å². The maximum absolute atomic E-state index is 14.2. The van der Waals surface area contributed by atoms with Crippen molar-refractivity contribution in [1.29, 1.82) is 0 Å². The Morgan fingerprint density at radius 3 is 2.02 bits per heavy atom. The summed E-state index contributed by atoms with van der Waals surface area (Å²) >= 11 is 0. The second-order valence-corrected chi connectivity index (χ2v) is 14.3.